The first-order valence-corrected chi connectivity index (χ1v) is 22.1. The predicted octanol–water partition coefficient (Wildman–Crippen LogP) is 9.78. The van der Waals surface area contributed by atoms with E-state index in [2.05, 4.69) is 13.2 Å². The van der Waals surface area contributed by atoms with Gasteiger partial charge in [-0.1, -0.05) is 13.2 Å². The summed E-state index contributed by atoms with van der Waals surface area (Å²) in [5.41, 5.74) is 0.645. The van der Waals surface area contributed by atoms with E-state index in [1.54, 1.807) is 0 Å². The minimum absolute atomic E-state index is 0.111. The number of carbonyl (C=O) groups excluding carboxylic acids is 8. The van der Waals surface area contributed by atoms with E-state index in [9.17, 15) is 38.4 Å². The molecular weight excluding hydrogens is 925 g/mol. The molecule has 0 aromatic heterocycles. The van der Waals surface area contributed by atoms with Crippen molar-refractivity contribution in [2.24, 2.45) is 0 Å². The van der Waals surface area contributed by atoms with Crippen LogP contribution >= 0.6 is 0 Å². The summed E-state index contributed by atoms with van der Waals surface area (Å²) in [6.07, 6.45) is 5.03. The smallest absolute Gasteiger partial charge is 0.463 e. The second-order valence-electron chi connectivity index (χ2n) is 14.7. The van der Waals surface area contributed by atoms with Crippen LogP contribution in [0.1, 0.15) is 86.4 Å². The van der Waals surface area contributed by atoms with Crippen LogP contribution in [0.25, 0.3) is 0 Å². The van der Waals surface area contributed by atoms with Gasteiger partial charge in [-0.2, -0.15) is 0 Å². The van der Waals surface area contributed by atoms with Gasteiger partial charge in [0.25, 0.3) is 0 Å². The van der Waals surface area contributed by atoms with Gasteiger partial charge in [-0.05, 0) is 166 Å². The van der Waals surface area contributed by atoms with Gasteiger partial charge < -0.3 is 47.4 Å². The average Bonchev–Trinajstić information content (AvgIpc) is 3.38. The molecule has 0 radical (unpaired) electrons. The van der Waals surface area contributed by atoms with Crippen LogP contribution in [0.15, 0.2) is 147 Å². The van der Waals surface area contributed by atoms with E-state index in [4.69, 9.17) is 47.4 Å². The Bertz CT molecular complexity index is 2620. The fraction of sp³-hybridized carbons (Fsp3) is 0.208. The molecule has 0 aliphatic heterocycles. The third-order valence-electron chi connectivity index (χ3n) is 9.52. The Morgan fingerprint density at radius 3 is 0.761 bits per heavy atom. The number of rotatable bonds is 25. The van der Waals surface area contributed by atoms with E-state index < -0.39 is 48.1 Å². The van der Waals surface area contributed by atoms with E-state index in [0.717, 1.165) is 25.0 Å². The van der Waals surface area contributed by atoms with Crippen LogP contribution in [0.5, 0.6) is 34.5 Å². The topological polar surface area (TPSA) is 229 Å². The van der Waals surface area contributed by atoms with Gasteiger partial charge >= 0.3 is 48.1 Å². The van der Waals surface area contributed by atoms with Gasteiger partial charge in [0.2, 0.25) is 0 Å². The third kappa shape index (κ3) is 18.9. The lowest BCUT2D eigenvalue weighted by molar-refractivity contribution is -0.138. The van der Waals surface area contributed by atoms with Gasteiger partial charge in [-0.3, -0.25) is 0 Å². The van der Waals surface area contributed by atoms with E-state index in [1.165, 1.54) is 121 Å². The summed E-state index contributed by atoms with van der Waals surface area (Å²) >= 11 is 0. The molecule has 0 saturated carbocycles. The van der Waals surface area contributed by atoms with Crippen molar-refractivity contribution < 1.29 is 85.7 Å². The zero-order valence-electron chi connectivity index (χ0n) is 38.2. The Morgan fingerprint density at radius 1 is 0.296 bits per heavy atom. The lowest BCUT2D eigenvalue weighted by Crippen LogP contribution is -2.12. The van der Waals surface area contributed by atoms with Crippen LogP contribution in [-0.4, -0.2) is 74.6 Å². The van der Waals surface area contributed by atoms with Crippen LogP contribution in [0.3, 0.4) is 0 Å². The van der Waals surface area contributed by atoms with Crippen molar-refractivity contribution in [1.29, 1.82) is 0 Å². The Morgan fingerprint density at radius 2 is 0.507 bits per heavy atom. The maximum Gasteiger partial charge on any atom is 0.513 e. The van der Waals surface area contributed by atoms with Crippen molar-refractivity contribution in [1.82, 2.24) is 0 Å². The highest BCUT2D eigenvalue weighted by Gasteiger charge is 2.16. The van der Waals surface area contributed by atoms with Gasteiger partial charge in [0, 0.05) is 12.2 Å². The monoisotopic (exact) mass is 972 g/mol. The largest absolute Gasteiger partial charge is 0.513 e. The number of unbranched alkanes of at least 4 members (excludes halogenated alkanes) is 5. The van der Waals surface area contributed by atoms with Crippen molar-refractivity contribution in [3.63, 3.8) is 0 Å². The SMILES string of the molecule is C=CC(=O)OCCCCCCOC(=O)Oc1ccc(C(=O)Oc2ccc(C(=O)Oc3ccc(OC(=O)c4ccc(OC(=O)c5ccc(OC(=O)OCCCCCOC(=O)C=C)cc5)cc4)cc3)cc2)cc1. The minimum atomic E-state index is -0.915. The van der Waals surface area contributed by atoms with Crippen molar-refractivity contribution in [2.45, 2.75) is 44.9 Å². The lowest BCUT2D eigenvalue weighted by atomic mass is 10.2. The first-order valence-electron chi connectivity index (χ1n) is 22.1. The molecule has 0 spiro atoms. The van der Waals surface area contributed by atoms with E-state index in [-0.39, 0.29) is 76.6 Å². The molecule has 0 N–H and O–H groups in total. The van der Waals surface area contributed by atoms with Crippen molar-refractivity contribution >= 4 is 48.1 Å². The molecule has 0 fully saturated rings. The fourth-order valence-corrected chi connectivity index (χ4v) is 5.84. The molecule has 0 heterocycles. The van der Waals surface area contributed by atoms with Gasteiger partial charge in [-0.25, -0.2) is 38.4 Å². The van der Waals surface area contributed by atoms with Crippen molar-refractivity contribution in [3.05, 3.63) is 169 Å². The van der Waals surface area contributed by atoms with Gasteiger partial charge in [0.1, 0.15) is 34.5 Å². The highest BCUT2D eigenvalue weighted by molar-refractivity contribution is 5.94. The average molecular weight is 973 g/mol. The first kappa shape index (κ1) is 52.9. The molecule has 5 rings (SSSR count). The van der Waals surface area contributed by atoms with Crippen LogP contribution < -0.4 is 28.4 Å². The molecule has 71 heavy (non-hydrogen) atoms. The molecule has 0 saturated heterocycles. The van der Waals surface area contributed by atoms with Crippen molar-refractivity contribution in [2.75, 3.05) is 26.4 Å². The molecule has 0 bridgehead atoms. The summed E-state index contributed by atoms with van der Waals surface area (Å²) in [4.78, 5) is 97.2. The molecule has 0 aliphatic carbocycles. The Labute approximate surface area is 407 Å². The van der Waals surface area contributed by atoms with Crippen LogP contribution in [0, 0.1) is 0 Å². The zero-order valence-corrected chi connectivity index (χ0v) is 38.2. The summed E-state index contributed by atoms with van der Waals surface area (Å²) in [6.45, 7) is 7.44. The molecule has 368 valence electrons. The highest BCUT2D eigenvalue weighted by atomic mass is 16.7. The molecule has 18 nitrogen and oxygen atoms in total. The molecule has 0 atom stereocenters. The second kappa shape index (κ2) is 28.3. The number of benzene rings is 5. The molecular formula is C53H48O18. The van der Waals surface area contributed by atoms with Gasteiger partial charge in [-0.15, -0.1) is 0 Å². The molecule has 0 unspecified atom stereocenters. The molecule has 0 amide bonds. The quantitative estimate of drug-likeness (QED) is 0.0132. The Kier molecular flexibility index (Phi) is 21.1. The zero-order chi connectivity index (χ0) is 50.8. The molecule has 5 aromatic carbocycles. The summed E-state index contributed by atoms with van der Waals surface area (Å²) in [5, 5.41) is 0. The third-order valence-corrected chi connectivity index (χ3v) is 9.52. The normalized spacial score (nSPS) is 10.3. The molecule has 0 aliphatic rings. The number of esters is 6. The second-order valence-corrected chi connectivity index (χ2v) is 14.7. The maximum absolute atomic E-state index is 12.8. The summed E-state index contributed by atoms with van der Waals surface area (Å²) in [5.74, 6) is -2.86. The highest BCUT2D eigenvalue weighted by Crippen LogP contribution is 2.23. The number of carbonyl (C=O) groups is 8. The number of ether oxygens (including phenoxy) is 10. The van der Waals surface area contributed by atoms with Crippen molar-refractivity contribution in [3.8, 4) is 34.5 Å². The molecule has 18 heteroatoms. The fourth-order valence-electron chi connectivity index (χ4n) is 5.84. The number of hydrogen-bond donors (Lipinski definition) is 0. The van der Waals surface area contributed by atoms with Crippen LogP contribution in [0.2, 0.25) is 0 Å². The first-order chi connectivity index (χ1) is 34.4. The minimum Gasteiger partial charge on any atom is -0.463 e. The van der Waals surface area contributed by atoms with E-state index in [0.29, 0.717) is 38.7 Å². The van der Waals surface area contributed by atoms with E-state index in [1.807, 2.05) is 0 Å². The van der Waals surface area contributed by atoms with Crippen LogP contribution in [0.4, 0.5) is 9.59 Å². The van der Waals surface area contributed by atoms with Gasteiger partial charge in [0.15, 0.2) is 0 Å². The number of hydrogen-bond acceptors (Lipinski definition) is 18. The van der Waals surface area contributed by atoms with Gasteiger partial charge in [0.05, 0.1) is 48.7 Å². The molecule has 5 aromatic rings. The standard InChI is InChI=1S/C53H48O18/c1-3-46(54)62-32-8-5-6-9-34-64-52(60)70-44-24-16-38(17-25-44)48(56)66-40-20-12-36(13-21-40)50(58)68-42-28-30-43(31-29-42)69-51(59)37-14-22-41(23-15-37)67-49(57)39-18-26-45(27-19-39)71-53(61)65-35-11-7-10-33-63-47(55)4-2/h3-4,12-31H,1-2,5-11,32-35H2. The van der Waals surface area contributed by atoms with E-state index >= 15 is 0 Å². The lowest BCUT2D eigenvalue weighted by Gasteiger charge is -2.09. The predicted molar refractivity (Wildman–Crippen MR) is 251 cm³/mol. The Balaban J connectivity index is 0.973. The summed E-state index contributed by atoms with van der Waals surface area (Å²) < 4.78 is 51.8. The summed E-state index contributed by atoms with van der Waals surface area (Å²) in [6, 6.07) is 28.3. The maximum atomic E-state index is 12.8. The van der Waals surface area contributed by atoms with Crippen LogP contribution in [-0.2, 0) is 28.5 Å². The Hall–Kier alpha value is -9.06. The summed E-state index contributed by atoms with van der Waals surface area (Å²) in [7, 11) is 0.